The van der Waals surface area contributed by atoms with Gasteiger partial charge in [-0.15, -0.1) is 0 Å². The van der Waals surface area contributed by atoms with Crippen molar-refractivity contribution in [2.75, 3.05) is 13.1 Å². The summed E-state index contributed by atoms with van der Waals surface area (Å²) in [6, 6.07) is 19.9. The minimum Gasteiger partial charge on any atom is -0.491 e. The molecule has 0 aromatic heterocycles. The van der Waals surface area contributed by atoms with Gasteiger partial charge in [0.05, 0.1) is 12.1 Å². The summed E-state index contributed by atoms with van der Waals surface area (Å²) in [7, 11) is 0. The molecule has 1 spiro atoms. The number of nitrogens with one attached hydrogen (secondary N) is 2. The highest BCUT2D eigenvalue weighted by Gasteiger charge is 2.44. The van der Waals surface area contributed by atoms with Gasteiger partial charge in [0, 0.05) is 18.0 Å². The van der Waals surface area contributed by atoms with Crippen LogP contribution in [0, 0.1) is 0 Å². The van der Waals surface area contributed by atoms with Gasteiger partial charge in [-0.1, -0.05) is 48.5 Å². The van der Waals surface area contributed by atoms with E-state index in [-0.39, 0.29) is 11.6 Å². The summed E-state index contributed by atoms with van der Waals surface area (Å²) in [5.41, 5.74) is 2.93. The van der Waals surface area contributed by atoms with Crippen molar-refractivity contribution in [2.45, 2.75) is 63.1 Å². The highest BCUT2D eigenvalue weighted by molar-refractivity contribution is 5.37. The summed E-state index contributed by atoms with van der Waals surface area (Å²) in [6.07, 6.45) is 5.10. The van der Waals surface area contributed by atoms with Crippen LogP contribution in [0.2, 0.25) is 0 Å². The van der Waals surface area contributed by atoms with Crippen molar-refractivity contribution in [3.8, 4) is 5.75 Å². The second-order valence-electron chi connectivity index (χ2n) is 8.38. The molecule has 2 aromatic carbocycles. The summed E-state index contributed by atoms with van der Waals surface area (Å²) in [6.45, 7) is 6.33. The van der Waals surface area contributed by atoms with E-state index in [1.807, 2.05) is 0 Å². The lowest BCUT2D eigenvalue weighted by molar-refractivity contribution is 0.130. The molecule has 2 heterocycles. The molecule has 0 amide bonds. The molecule has 2 fully saturated rings. The molecule has 0 bridgehead atoms. The fourth-order valence-corrected chi connectivity index (χ4v) is 4.93. The maximum Gasteiger partial charge on any atom is 0.123 e. The summed E-state index contributed by atoms with van der Waals surface area (Å²) in [5.74, 6) is 1.57. The van der Waals surface area contributed by atoms with Gasteiger partial charge in [0.1, 0.15) is 5.75 Å². The number of rotatable bonds is 4. The molecule has 1 unspecified atom stereocenters. The third kappa shape index (κ3) is 3.90. The predicted molar refractivity (Wildman–Crippen MR) is 111 cm³/mol. The lowest BCUT2D eigenvalue weighted by Gasteiger charge is -2.50. The molecule has 2 aromatic rings. The molecule has 4 rings (SSSR count). The average molecular weight is 365 g/mol. The number of piperidine rings is 2. The van der Waals surface area contributed by atoms with E-state index < -0.39 is 0 Å². The third-order valence-corrected chi connectivity index (χ3v) is 6.19. The summed E-state index contributed by atoms with van der Waals surface area (Å²) >= 11 is 0. The first kappa shape index (κ1) is 18.5. The van der Waals surface area contributed by atoms with E-state index in [0.29, 0.717) is 12.0 Å². The molecule has 27 heavy (non-hydrogen) atoms. The molecule has 0 saturated carbocycles. The van der Waals surface area contributed by atoms with E-state index >= 15 is 0 Å². The normalized spacial score (nSPS) is 28.4. The topological polar surface area (TPSA) is 33.3 Å². The maximum atomic E-state index is 6.09. The minimum absolute atomic E-state index is 0.171. The van der Waals surface area contributed by atoms with Crippen LogP contribution in [0.1, 0.15) is 62.6 Å². The van der Waals surface area contributed by atoms with Gasteiger partial charge in [-0.2, -0.15) is 0 Å². The van der Waals surface area contributed by atoms with Crippen molar-refractivity contribution in [1.82, 2.24) is 10.6 Å². The molecule has 0 aliphatic carbocycles. The molecule has 2 aliphatic heterocycles. The molecule has 3 atom stereocenters. The fraction of sp³-hybridized carbons (Fsp3) is 0.500. The number of benzene rings is 2. The average Bonchev–Trinajstić information content (AvgIpc) is 2.70. The van der Waals surface area contributed by atoms with Crippen molar-refractivity contribution >= 4 is 0 Å². The number of para-hydroxylation sites is 1. The van der Waals surface area contributed by atoms with Crippen LogP contribution >= 0.6 is 0 Å². The Labute approximate surface area is 163 Å². The number of hydrogen-bond donors (Lipinski definition) is 2. The number of ether oxygens (including phenoxy) is 1. The van der Waals surface area contributed by atoms with Gasteiger partial charge < -0.3 is 15.4 Å². The molecular weight excluding hydrogens is 332 g/mol. The van der Waals surface area contributed by atoms with Crippen molar-refractivity contribution in [3.63, 3.8) is 0 Å². The molecule has 144 valence electrons. The minimum atomic E-state index is 0.171. The van der Waals surface area contributed by atoms with Crippen LogP contribution in [0.15, 0.2) is 54.6 Å². The lowest BCUT2D eigenvalue weighted by atomic mass is 9.71. The summed E-state index contributed by atoms with van der Waals surface area (Å²) in [5, 5.41) is 7.79. The Bertz CT molecular complexity index is 735. The van der Waals surface area contributed by atoms with Crippen molar-refractivity contribution < 1.29 is 4.74 Å². The van der Waals surface area contributed by atoms with Gasteiger partial charge in [-0.25, -0.2) is 0 Å². The van der Waals surface area contributed by atoms with E-state index in [9.17, 15) is 0 Å². The predicted octanol–water partition coefficient (Wildman–Crippen LogP) is 4.80. The zero-order valence-electron chi connectivity index (χ0n) is 16.6. The third-order valence-electron chi connectivity index (χ3n) is 6.19. The van der Waals surface area contributed by atoms with Crippen LogP contribution in [-0.4, -0.2) is 24.7 Å². The fourth-order valence-electron chi connectivity index (χ4n) is 4.93. The molecule has 0 radical (unpaired) electrons. The first-order valence-corrected chi connectivity index (χ1v) is 10.5. The quantitative estimate of drug-likeness (QED) is 0.817. The standard InChI is InChI=1S/C24H32N2O/c1-18(2)27-22-12-7-6-11-21(22)20-13-15-24(26-17-20)14-8-16-25-23(24)19-9-4-3-5-10-19/h3-7,9-12,18,20,23,25-26H,8,13-17H2,1-2H3/t20-,23?,24+/m1/s1. The Kier molecular flexibility index (Phi) is 5.51. The Balaban J connectivity index is 1.53. The van der Waals surface area contributed by atoms with Crippen molar-refractivity contribution in [2.24, 2.45) is 0 Å². The summed E-state index contributed by atoms with van der Waals surface area (Å²) in [4.78, 5) is 0. The van der Waals surface area contributed by atoms with Crippen molar-refractivity contribution in [1.29, 1.82) is 0 Å². The highest BCUT2D eigenvalue weighted by atomic mass is 16.5. The Morgan fingerprint density at radius 2 is 1.78 bits per heavy atom. The van der Waals surface area contributed by atoms with Gasteiger partial charge in [-0.05, 0) is 63.3 Å². The van der Waals surface area contributed by atoms with Gasteiger partial charge in [0.25, 0.3) is 0 Å². The lowest BCUT2D eigenvalue weighted by Crippen LogP contribution is -2.60. The van der Waals surface area contributed by atoms with Crippen molar-refractivity contribution in [3.05, 3.63) is 65.7 Å². The van der Waals surface area contributed by atoms with Gasteiger partial charge in [-0.3, -0.25) is 0 Å². The van der Waals surface area contributed by atoms with E-state index in [1.165, 1.54) is 36.8 Å². The first-order valence-electron chi connectivity index (χ1n) is 10.5. The zero-order valence-corrected chi connectivity index (χ0v) is 16.6. The molecule has 3 nitrogen and oxygen atoms in total. The second kappa shape index (κ2) is 8.04. The summed E-state index contributed by atoms with van der Waals surface area (Å²) < 4.78 is 6.09. The second-order valence-corrected chi connectivity index (χ2v) is 8.38. The van der Waals surface area contributed by atoms with Crippen LogP contribution in [0.5, 0.6) is 5.75 Å². The van der Waals surface area contributed by atoms with Gasteiger partial charge in [0.15, 0.2) is 0 Å². The first-order chi connectivity index (χ1) is 13.2. The van der Waals surface area contributed by atoms with Gasteiger partial charge in [0.2, 0.25) is 0 Å². The van der Waals surface area contributed by atoms with E-state index in [1.54, 1.807) is 0 Å². The molecule has 2 aliphatic rings. The van der Waals surface area contributed by atoms with E-state index in [2.05, 4.69) is 79.1 Å². The molecular formula is C24H32N2O. The smallest absolute Gasteiger partial charge is 0.123 e. The Morgan fingerprint density at radius 1 is 1.00 bits per heavy atom. The molecule has 2 saturated heterocycles. The molecule has 3 heteroatoms. The van der Waals surface area contributed by atoms with Crippen LogP contribution in [0.25, 0.3) is 0 Å². The molecule has 2 N–H and O–H groups in total. The zero-order chi connectivity index (χ0) is 18.7. The van der Waals surface area contributed by atoms with Gasteiger partial charge >= 0.3 is 0 Å². The Hall–Kier alpha value is -1.84. The van der Waals surface area contributed by atoms with Crippen LogP contribution in [0.4, 0.5) is 0 Å². The van der Waals surface area contributed by atoms with Crippen LogP contribution < -0.4 is 15.4 Å². The SMILES string of the molecule is CC(C)Oc1ccccc1[C@@H]1CC[C@]2(CCCNC2c2ccccc2)NC1. The maximum absolute atomic E-state index is 6.09. The highest BCUT2D eigenvalue weighted by Crippen LogP contribution is 2.43. The van der Waals surface area contributed by atoms with E-state index in [0.717, 1.165) is 18.8 Å². The number of hydrogen-bond acceptors (Lipinski definition) is 3. The Morgan fingerprint density at radius 3 is 2.52 bits per heavy atom. The van der Waals surface area contributed by atoms with E-state index in [4.69, 9.17) is 4.74 Å². The monoisotopic (exact) mass is 364 g/mol. The van der Waals surface area contributed by atoms with Crippen LogP contribution in [-0.2, 0) is 0 Å². The largest absolute Gasteiger partial charge is 0.491 e. The van der Waals surface area contributed by atoms with Crippen LogP contribution in [0.3, 0.4) is 0 Å².